The van der Waals surface area contributed by atoms with Gasteiger partial charge in [0.25, 0.3) is 0 Å². The van der Waals surface area contributed by atoms with Crippen molar-refractivity contribution in [3.05, 3.63) is 194 Å². The molecule has 0 atom stereocenters. The molecule has 0 aliphatic rings. The maximum Gasteiger partial charge on any atom is -0.00201 e. The molecule has 0 N–H and O–H groups in total. The molecule has 12 aromatic carbocycles. The predicted molar refractivity (Wildman–Crippen MR) is 233 cm³/mol. The lowest BCUT2D eigenvalue weighted by molar-refractivity contribution is 1.59. The lowest BCUT2D eigenvalue weighted by Gasteiger charge is -2.22. The molecule has 0 amide bonds. The van der Waals surface area contributed by atoms with Crippen LogP contribution in [0.2, 0.25) is 0 Å². The molecule has 0 nitrogen and oxygen atoms in total. The lowest BCUT2D eigenvalue weighted by Crippen LogP contribution is -1.95. The summed E-state index contributed by atoms with van der Waals surface area (Å²) in [5.41, 5.74) is 9.97. The summed E-state index contributed by atoms with van der Waals surface area (Å²) >= 11 is 0. The van der Waals surface area contributed by atoms with Gasteiger partial charge in [0.1, 0.15) is 0 Å². The highest BCUT2D eigenvalue weighted by Gasteiger charge is 2.22. The Morgan fingerprint density at radius 3 is 1.24 bits per heavy atom. The van der Waals surface area contributed by atoms with Gasteiger partial charge in [0, 0.05) is 0 Å². The zero-order chi connectivity index (χ0) is 35.3. The van der Waals surface area contributed by atoms with Gasteiger partial charge >= 0.3 is 0 Å². The van der Waals surface area contributed by atoms with E-state index in [4.69, 9.17) is 0 Å². The van der Waals surface area contributed by atoms with Crippen LogP contribution in [0.1, 0.15) is 0 Å². The monoisotopic (exact) mass is 680 g/mol. The van der Waals surface area contributed by atoms with E-state index in [-0.39, 0.29) is 0 Å². The van der Waals surface area contributed by atoms with E-state index in [0.717, 1.165) is 0 Å². The molecule has 0 saturated carbocycles. The minimum absolute atomic E-state index is 1.21. The van der Waals surface area contributed by atoms with Crippen molar-refractivity contribution >= 4 is 75.4 Å². The summed E-state index contributed by atoms with van der Waals surface area (Å²) in [5, 5.41) is 18.2. The van der Waals surface area contributed by atoms with Gasteiger partial charge in [0.2, 0.25) is 0 Å². The highest BCUT2D eigenvalue weighted by Crippen LogP contribution is 2.49. The molecule has 12 rings (SSSR count). The molecule has 54 heavy (non-hydrogen) atoms. The van der Waals surface area contributed by atoms with Gasteiger partial charge < -0.3 is 0 Å². The second-order valence-corrected chi connectivity index (χ2v) is 14.7. The van der Waals surface area contributed by atoms with Gasteiger partial charge in [-0.1, -0.05) is 188 Å². The first-order valence-electron chi connectivity index (χ1n) is 18.8. The van der Waals surface area contributed by atoms with E-state index in [1.54, 1.807) is 0 Å². The van der Waals surface area contributed by atoms with Gasteiger partial charge in [-0.3, -0.25) is 0 Å². The van der Waals surface area contributed by atoms with Gasteiger partial charge in [-0.2, -0.15) is 0 Å². The average Bonchev–Trinajstić information content (AvgIpc) is 3.24. The second kappa shape index (κ2) is 11.2. The van der Waals surface area contributed by atoms with Crippen LogP contribution >= 0.6 is 0 Å². The highest BCUT2D eigenvalue weighted by atomic mass is 14.2. The van der Waals surface area contributed by atoms with Crippen molar-refractivity contribution < 1.29 is 0 Å². The third-order valence-corrected chi connectivity index (χ3v) is 12.0. The second-order valence-electron chi connectivity index (χ2n) is 14.7. The van der Waals surface area contributed by atoms with Crippen LogP contribution in [-0.2, 0) is 0 Å². The number of rotatable bonds is 4. The fraction of sp³-hybridized carbons (Fsp3) is 0. The van der Waals surface area contributed by atoms with Crippen molar-refractivity contribution in [2.45, 2.75) is 0 Å². The summed E-state index contributed by atoms with van der Waals surface area (Å²) in [6, 6.07) is 72.5. The van der Waals surface area contributed by atoms with Crippen LogP contribution in [0.3, 0.4) is 0 Å². The number of hydrogen-bond donors (Lipinski definition) is 0. The maximum atomic E-state index is 2.47. The zero-order valence-corrected chi connectivity index (χ0v) is 29.5. The van der Waals surface area contributed by atoms with Gasteiger partial charge in [-0.15, -0.1) is 0 Å². The van der Waals surface area contributed by atoms with E-state index in [1.165, 1.54) is 120 Å². The quantitative estimate of drug-likeness (QED) is 0.162. The Balaban J connectivity index is 1.18. The molecule has 248 valence electrons. The molecule has 0 unspecified atom stereocenters. The van der Waals surface area contributed by atoms with Gasteiger partial charge in [-0.25, -0.2) is 0 Å². The summed E-state index contributed by atoms with van der Waals surface area (Å²) < 4.78 is 0. The zero-order valence-electron chi connectivity index (χ0n) is 29.5. The summed E-state index contributed by atoms with van der Waals surface area (Å²) in [5.74, 6) is 0. The van der Waals surface area contributed by atoms with E-state index < -0.39 is 0 Å². The van der Waals surface area contributed by atoms with Crippen LogP contribution < -0.4 is 0 Å². The molecule has 0 aliphatic carbocycles. The van der Waals surface area contributed by atoms with Crippen molar-refractivity contribution in [3.8, 4) is 44.5 Å². The number of hydrogen-bond acceptors (Lipinski definition) is 0. The Morgan fingerprint density at radius 1 is 0.204 bits per heavy atom. The Kier molecular flexibility index (Phi) is 6.15. The van der Waals surface area contributed by atoms with Crippen LogP contribution in [0.5, 0.6) is 0 Å². The SMILES string of the molecule is c1ccc(-c2cc(-c3ccc4ccc5cccc6ccc3c4c56)c3ccccc3c2-c2ccccc2-c2ccc3ccc4cccc5ccc2c3c45)cc1. The molecular weight excluding hydrogens is 649 g/mol. The number of fused-ring (bicyclic) bond motifs is 1. The standard InChI is InChI=1S/C54H32/c1-2-10-33(11-3-1)48-32-49(43-29-25-39-23-21-35-13-9-15-37-27-31-47(43)53(39)51(35)37)41-17-5-7-19-45(41)54(48)44-18-6-4-16-40(44)42-28-24-38-22-20-34-12-8-14-36-26-30-46(42)52(38)50(34)36/h1-32H. The molecule has 0 fully saturated rings. The van der Waals surface area contributed by atoms with Crippen LogP contribution in [0.4, 0.5) is 0 Å². The smallest absolute Gasteiger partial charge is 0.00201 e. The largest absolute Gasteiger partial charge is 0.0622 e. The lowest BCUT2D eigenvalue weighted by atomic mass is 9.81. The first kappa shape index (κ1) is 29.5. The Labute approximate surface area is 312 Å². The van der Waals surface area contributed by atoms with E-state index in [2.05, 4.69) is 194 Å². The minimum atomic E-state index is 1.21. The first-order chi connectivity index (χ1) is 26.8. The van der Waals surface area contributed by atoms with E-state index in [9.17, 15) is 0 Å². The molecule has 0 saturated heterocycles. The van der Waals surface area contributed by atoms with Crippen LogP contribution in [0.15, 0.2) is 194 Å². The molecule has 0 aromatic heterocycles. The molecule has 0 aliphatic heterocycles. The Morgan fingerprint density at radius 2 is 0.648 bits per heavy atom. The summed E-state index contributed by atoms with van der Waals surface area (Å²) in [6.45, 7) is 0. The van der Waals surface area contributed by atoms with Crippen molar-refractivity contribution in [1.29, 1.82) is 0 Å². The van der Waals surface area contributed by atoms with Crippen LogP contribution in [0, 0.1) is 0 Å². The maximum absolute atomic E-state index is 2.47. The molecule has 12 aromatic rings. The Bertz CT molecular complexity index is 3390. The van der Waals surface area contributed by atoms with Gasteiger partial charge in [0.15, 0.2) is 0 Å². The summed E-state index contributed by atoms with van der Waals surface area (Å²) in [6.07, 6.45) is 0. The molecule has 0 bridgehead atoms. The van der Waals surface area contributed by atoms with Crippen molar-refractivity contribution in [1.82, 2.24) is 0 Å². The third-order valence-electron chi connectivity index (χ3n) is 12.0. The third kappa shape index (κ3) is 4.14. The van der Waals surface area contributed by atoms with Gasteiger partial charge in [-0.05, 0) is 126 Å². The van der Waals surface area contributed by atoms with Crippen molar-refractivity contribution in [3.63, 3.8) is 0 Å². The minimum Gasteiger partial charge on any atom is -0.0622 e. The van der Waals surface area contributed by atoms with E-state index in [1.807, 2.05) is 0 Å². The van der Waals surface area contributed by atoms with E-state index >= 15 is 0 Å². The fourth-order valence-corrected chi connectivity index (χ4v) is 9.61. The van der Waals surface area contributed by atoms with Crippen LogP contribution in [-0.4, -0.2) is 0 Å². The molecule has 0 heteroatoms. The molecular formula is C54H32. The molecule has 0 radical (unpaired) electrons. The fourth-order valence-electron chi connectivity index (χ4n) is 9.61. The van der Waals surface area contributed by atoms with Crippen molar-refractivity contribution in [2.24, 2.45) is 0 Å². The molecule has 0 spiro atoms. The topological polar surface area (TPSA) is 0 Å². The Hall–Kier alpha value is -7.02. The summed E-state index contributed by atoms with van der Waals surface area (Å²) in [4.78, 5) is 0. The number of benzene rings is 12. The van der Waals surface area contributed by atoms with Gasteiger partial charge in [0.05, 0.1) is 0 Å². The molecule has 0 heterocycles. The first-order valence-corrected chi connectivity index (χ1v) is 18.8. The van der Waals surface area contributed by atoms with Crippen molar-refractivity contribution in [2.75, 3.05) is 0 Å². The van der Waals surface area contributed by atoms with E-state index in [0.29, 0.717) is 0 Å². The highest BCUT2D eigenvalue weighted by molar-refractivity contribution is 6.28. The normalized spacial score (nSPS) is 12.1. The summed E-state index contributed by atoms with van der Waals surface area (Å²) in [7, 11) is 0. The van der Waals surface area contributed by atoms with Crippen LogP contribution in [0.25, 0.3) is 120 Å². The average molecular weight is 681 g/mol. The predicted octanol–water partition coefficient (Wildman–Crippen LogP) is 15.3.